The van der Waals surface area contributed by atoms with Crippen LogP contribution in [0.3, 0.4) is 0 Å². The summed E-state index contributed by atoms with van der Waals surface area (Å²) in [6, 6.07) is 19.5. The first-order chi connectivity index (χ1) is 20.4. The van der Waals surface area contributed by atoms with Crippen LogP contribution in [0.2, 0.25) is 0 Å². The van der Waals surface area contributed by atoms with E-state index >= 15 is 0 Å². The summed E-state index contributed by atoms with van der Waals surface area (Å²) in [5.74, 6) is 0.859. The summed E-state index contributed by atoms with van der Waals surface area (Å²) >= 11 is 2.03. The fourth-order valence-corrected chi connectivity index (χ4v) is 9.41. The van der Waals surface area contributed by atoms with Gasteiger partial charge < -0.3 is 0 Å². The summed E-state index contributed by atoms with van der Waals surface area (Å²) in [4.78, 5) is 2.87. The smallest absolute Gasteiger partial charge is 0.200 e. The Morgan fingerprint density at radius 2 is 1.47 bits per heavy atom. The van der Waals surface area contributed by atoms with Gasteiger partial charge in [0, 0.05) is 21.2 Å². The van der Waals surface area contributed by atoms with Gasteiger partial charge in [0.2, 0.25) is 5.69 Å². The maximum atomic E-state index is 2.52. The van der Waals surface area contributed by atoms with E-state index in [1.54, 1.807) is 0 Å². The number of aryl methyl sites for hydroxylation is 2. The van der Waals surface area contributed by atoms with E-state index in [9.17, 15) is 0 Å². The normalized spacial score (nSPS) is 15.6. The van der Waals surface area contributed by atoms with E-state index in [2.05, 4.69) is 115 Å². The maximum Gasteiger partial charge on any atom is 0.222 e. The molecule has 0 unspecified atom stereocenters. The van der Waals surface area contributed by atoms with Gasteiger partial charge in [0.15, 0.2) is 6.20 Å². The minimum Gasteiger partial charge on any atom is -0.200 e. The number of aromatic nitrogens is 1. The first-order valence-corrected chi connectivity index (χ1v) is 17.3. The zero-order valence-corrected chi connectivity index (χ0v) is 28.4. The quantitative estimate of drug-likeness (QED) is 0.147. The second kappa shape index (κ2) is 10.4. The number of nitrogens with zero attached hydrogens (tertiary/aromatic N) is 1. The summed E-state index contributed by atoms with van der Waals surface area (Å²) in [7, 11) is 2.25. The van der Waals surface area contributed by atoms with Crippen LogP contribution in [0, 0.1) is 23.7 Å². The van der Waals surface area contributed by atoms with Gasteiger partial charge >= 0.3 is 0 Å². The van der Waals surface area contributed by atoms with Crippen LogP contribution >= 0.6 is 11.8 Å². The van der Waals surface area contributed by atoms with Crippen molar-refractivity contribution in [2.75, 3.05) is 0 Å². The molecule has 0 amide bonds. The van der Waals surface area contributed by atoms with Crippen molar-refractivity contribution in [1.29, 1.82) is 0 Å². The minimum absolute atomic E-state index is 0.189. The van der Waals surface area contributed by atoms with Gasteiger partial charge in [-0.3, -0.25) is 0 Å². The third-order valence-electron chi connectivity index (χ3n) is 9.84. The Morgan fingerprint density at radius 1 is 0.767 bits per heavy atom. The average Bonchev–Trinajstić information content (AvgIpc) is 3.44. The molecule has 43 heavy (non-hydrogen) atoms. The lowest BCUT2D eigenvalue weighted by Gasteiger charge is -2.28. The number of fused-ring (bicyclic) bond motifs is 5. The Balaban J connectivity index is 1.51. The van der Waals surface area contributed by atoms with Crippen LogP contribution in [0.4, 0.5) is 0 Å². The van der Waals surface area contributed by atoms with Crippen molar-refractivity contribution in [3.8, 4) is 11.3 Å². The molecule has 0 saturated heterocycles. The largest absolute Gasteiger partial charge is 0.222 e. The van der Waals surface area contributed by atoms with Crippen LogP contribution in [0.25, 0.3) is 43.6 Å². The second-order valence-electron chi connectivity index (χ2n) is 16.1. The van der Waals surface area contributed by atoms with Crippen LogP contribution in [-0.4, -0.2) is 0 Å². The standard InChI is InChI=1S/C41H48NS/c1-25-32-21-28(23-40(2,3)4)14-16-30(32)34(24-41(5,6)7)39-36(25)38-37-31(17-18-42(38)8)33-20-27(19-26-11-9-10-12-26)13-15-29(33)22-35(37)43-39/h13-18,20-22,26H,9-12,19,23-24H2,1-8H3/q+1. The molecule has 0 spiro atoms. The second-order valence-corrected chi connectivity index (χ2v) is 17.2. The van der Waals surface area contributed by atoms with Gasteiger partial charge in [-0.15, -0.1) is 0 Å². The Hall–Kier alpha value is -2.84. The lowest BCUT2D eigenvalue weighted by atomic mass is 9.81. The summed E-state index contributed by atoms with van der Waals surface area (Å²) in [6.45, 7) is 16.6. The molecule has 5 aromatic rings. The first kappa shape index (κ1) is 28.9. The van der Waals surface area contributed by atoms with Crippen molar-refractivity contribution in [3.63, 3.8) is 0 Å². The molecule has 1 saturated carbocycles. The number of benzene rings is 4. The average molecular weight is 587 g/mol. The Labute approximate surface area is 263 Å². The molecule has 4 aromatic carbocycles. The van der Waals surface area contributed by atoms with Crippen LogP contribution in [-0.2, 0) is 26.3 Å². The van der Waals surface area contributed by atoms with Crippen molar-refractivity contribution >= 4 is 44.1 Å². The molecule has 0 bridgehead atoms. The highest BCUT2D eigenvalue weighted by Crippen LogP contribution is 2.53. The fraction of sp³-hybridized carbons (Fsp3) is 0.439. The Morgan fingerprint density at radius 3 is 2.19 bits per heavy atom. The van der Waals surface area contributed by atoms with E-state index in [-0.39, 0.29) is 10.8 Å². The van der Waals surface area contributed by atoms with Gasteiger partial charge in [-0.25, -0.2) is 4.57 Å². The highest BCUT2D eigenvalue weighted by atomic mass is 32.2. The molecule has 1 aromatic heterocycles. The zero-order chi connectivity index (χ0) is 30.3. The van der Waals surface area contributed by atoms with Crippen molar-refractivity contribution in [1.82, 2.24) is 0 Å². The van der Waals surface area contributed by atoms with Crippen LogP contribution < -0.4 is 4.57 Å². The van der Waals surface area contributed by atoms with Gasteiger partial charge in [-0.05, 0) is 92.8 Å². The molecule has 2 heteroatoms. The van der Waals surface area contributed by atoms with E-state index in [0.717, 1.165) is 18.8 Å². The lowest BCUT2D eigenvalue weighted by molar-refractivity contribution is -0.659. The fourth-order valence-electron chi connectivity index (χ4n) is 8.03. The molecule has 0 radical (unpaired) electrons. The van der Waals surface area contributed by atoms with Gasteiger partial charge in [-0.1, -0.05) is 115 Å². The molecule has 222 valence electrons. The topological polar surface area (TPSA) is 3.88 Å². The number of pyridine rings is 1. The third-order valence-corrected chi connectivity index (χ3v) is 11.0. The van der Waals surface area contributed by atoms with Crippen molar-refractivity contribution in [3.05, 3.63) is 77.0 Å². The molecule has 1 aliphatic heterocycles. The van der Waals surface area contributed by atoms with Gasteiger partial charge in [0.05, 0.1) is 10.9 Å². The summed E-state index contributed by atoms with van der Waals surface area (Å²) < 4.78 is 2.40. The number of rotatable bonds is 4. The van der Waals surface area contributed by atoms with Crippen molar-refractivity contribution in [2.45, 2.75) is 103 Å². The number of hydrogen-bond donors (Lipinski definition) is 0. The van der Waals surface area contributed by atoms with Crippen molar-refractivity contribution in [2.24, 2.45) is 23.8 Å². The van der Waals surface area contributed by atoms with Crippen molar-refractivity contribution < 1.29 is 4.57 Å². The summed E-state index contributed by atoms with van der Waals surface area (Å²) in [5, 5.41) is 8.50. The molecule has 2 aliphatic rings. The van der Waals surface area contributed by atoms with E-state index in [0.29, 0.717) is 0 Å². The predicted octanol–water partition coefficient (Wildman–Crippen LogP) is 11.3. The zero-order valence-electron chi connectivity index (χ0n) is 27.6. The van der Waals surface area contributed by atoms with Gasteiger partial charge in [0.1, 0.15) is 7.05 Å². The molecule has 1 fully saturated rings. The molecule has 1 aliphatic carbocycles. The SMILES string of the molecule is Cc1c2c(c(CC(C)(C)C)c3ccc(CC(C)(C)C)cc13)Sc1cc3ccc(CC4CCCC4)cc3c3cc[n+](C)c-2c13. The van der Waals surface area contributed by atoms with E-state index in [4.69, 9.17) is 0 Å². The summed E-state index contributed by atoms with van der Waals surface area (Å²) in [6.07, 6.45) is 11.3. The van der Waals surface area contributed by atoms with E-state index in [1.165, 1.54) is 108 Å². The molecule has 0 atom stereocenters. The minimum atomic E-state index is 0.189. The van der Waals surface area contributed by atoms with Gasteiger partial charge in [-0.2, -0.15) is 0 Å². The van der Waals surface area contributed by atoms with E-state index in [1.807, 2.05) is 11.8 Å². The monoisotopic (exact) mass is 586 g/mol. The predicted molar refractivity (Wildman–Crippen MR) is 186 cm³/mol. The Bertz CT molecular complexity index is 1910. The molecular formula is C41H48NS+. The molecule has 7 rings (SSSR count). The van der Waals surface area contributed by atoms with Crippen LogP contribution in [0.1, 0.15) is 89.5 Å². The maximum absolute atomic E-state index is 2.52. The lowest BCUT2D eigenvalue weighted by Crippen LogP contribution is -2.32. The molecule has 1 nitrogen and oxygen atoms in total. The first-order valence-electron chi connectivity index (χ1n) is 16.5. The van der Waals surface area contributed by atoms with Crippen LogP contribution in [0.5, 0.6) is 0 Å². The molecular weight excluding hydrogens is 539 g/mol. The van der Waals surface area contributed by atoms with E-state index < -0.39 is 0 Å². The Kier molecular flexibility index (Phi) is 6.97. The summed E-state index contributed by atoms with van der Waals surface area (Å²) in [5.41, 5.74) is 9.18. The number of hydrogen-bond acceptors (Lipinski definition) is 1. The highest BCUT2D eigenvalue weighted by Gasteiger charge is 2.33. The van der Waals surface area contributed by atoms with Crippen LogP contribution in [0.15, 0.2) is 64.5 Å². The molecule has 2 heterocycles. The highest BCUT2D eigenvalue weighted by molar-refractivity contribution is 8.00. The van der Waals surface area contributed by atoms with Gasteiger partial charge in [0.25, 0.3) is 0 Å². The third kappa shape index (κ3) is 5.28. The molecule has 0 N–H and O–H groups in total.